The van der Waals surface area contributed by atoms with Gasteiger partial charge >= 0.3 is 24.4 Å². The first-order valence-corrected chi connectivity index (χ1v) is 12.5. The minimum atomic E-state index is -1.40. The maximum absolute atomic E-state index is 13.1. The fourth-order valence-corrected chi connectivity index (χ4v) is 3.15. The molecule has 0 rings (SSSR count). The fraction of sp³-hybridized carbons (Fsp3) is 0.542. The fourth-order valence-electron chi connectivity index (χ4n) is 3.15. The quantitative estimate of drug-likeness (QED) is 0.0374. The first-order valence-electron chi connectivity index (χ1n) is 12.5. The highest BCUT2D eigenvalue weighted by molar-refractivity contribution is 6.25. The van der Waals surface area contributed by atoms with Crippen LogP contribution in [0.25, 0.3) is 11.1 Å². The lowest BCUT2D eigenvalue weighted by atomic mass is 10.0. The normalized spacial score (nSPS) is 12.0. The summed E-state index contributed by atoms with van der Waals surface area (Å²) in [6.07, 6.45) is 0.688. The molecular weight excluding hydrogens is 544 g/mol. The third kappa shape index (κ3) is 16.0. The Morgan fingerprint density at radius 3 is 1.78 bits per heavy atom. The third-order valence-electron chi connectivity index (χ3n) is 5.11. The van der Waals surface area contributed by atoms with Gasteiger partial charge < -0.3 is 42.2 Å². The van der Waals surface area contributed by atoms with E-state index in [2.05, 4.69) is 32.1 Å². The molecule has 17 heteroatoms. The van der Waals surface area contributed by atoms with E-state index in [0.29, 0.717) is 12.4 Å². The Balaban J connectivity index is 5.71. The van der Waals surface area contributed by atoms with Crippen LogP contribution in [0.4, 0.5) is 0 Å². The molecule has 0 aromatic rings. The minimum absolute atomic E-state index is 0.0161. The molecule has 0 bridgehead atoms. The van der Waals surface area contributed by atoms with Crippen LogP contribution in [0.2, 0.25) is 0 Å². The van der Waals surface area contributed by atoms with E-state index in [9.17, 15) is 33.6 Å². The van der Waals surface area contributed by atoms with Gasteiger partial charge in [0.2, 0.25) is 29.3 Å². The van der Waals surface area contributed by atoms with Crippen LogP contribution in [0.1, 0.15) is 45.4 Å². The molecule has 0 heterocycles. The molecule has 0 fully saturated rings. The maximum atomic E-state index is 13.1. The monoisotopic (exact) mass is 578 g/mol. The Labute approximate surface area is 235 Å². The van der Waals surface area contributed by atoms with Gasteiger partial charge in [0.1, 0.15) is 24.7 Å². The lowest BCUT2D eigenvalue weighted by Gasteiger charge is -2.22. The summed E-state index contributed by atoms with van der Waals surface area (Å²) in [4.78, 5) is 90.8. The number of amides is 3. The van der Waals surface area contributed by atoms with Gasteiger partial charge in [-0.3, -0.25) is 24.0 Å². The minimum Gasteiger partial charge on any atom is -0.464 e. The number of carbonyl (C=O) groups excluding carboxylic acids is 7. The van der Waals surface area contributed by atoms with E-state index >= 15 is 0 Å². The van der Waals surface area contributed by atoms with Crippen molar-refractivity contribution in [2.45, 2.75) is 63.6 Å². The summed E-state index contributed by atoms with van der Waals surface area (Å²) >= 11 is 0. The molecule has 41 heavy (non-hydrogen) atoms. The van der Waals surface area contributed by atoms with Gasteiger partial charge in [-0.15, -0.1) is 0 Å². The number of hydrogen-bond acceptors (Lipinski definition) is 10. The first-order chi connectivity index (χ1) is 19.5. The van der Waals surface area contributed by atoms with E-state index in [1.54, 1.807) is 6.92 Å². The zero-order chi connectivity index (χ0) is 31.2. The van der Waals surface area contributed by atoms with Crippen LogP contribution in [-0.4, -0.2) is 101 Å². The van der Waals surface area contributed by atoms with Gasteiger partial charge in [0.25, 0.3) is 0 Å². The zero-order valence-corrected chi connectivity index (χ0v) is 22.6. The van der Waals surface area contributed by atoms with E-state index < -0.39 is 65.9 Å². The van der Waals surface area contributed by atoms with Gasteiger partial charge in [-0.25, -0.2) is 9.59 Å². The second-order valence-corrected chi connectivity index (χ2v) is 8.21. The molecule has 224 valence electrons. The molecule has 3 atom stereocenters. The van der Waals surface area contributed by atoms with Crippen molar-refractivity contribution >= 4 is 53.7 Å². The van der Waals surface area contributed by atoms with Crippen LogP contribution in [0.15, 0.2) is 12.7 Å². The highest BCUT2D eigenvalue weighted by atomic mass is 16.5. The van der Waals surface area contributed by atoms with Crippen molar-refractivity contribution in [1.82, 2.24) is 16.0 Å². The summed E-state index contributed by atoms with van der Waals surface area (Å²) in [7, 11) is 0. The standard InChI is InChI=1S/C24H34N8O9/c1-3-11-41-24(39)19(8-6-16(34)14-29-27)32-22(37)17(7-5-15(33)13-28-26)30-20(35)10-9-18(23(38)40-4-2)31-21(36)12-25/h3,13-14,17-19H,1,4-12,25H2,2H3,(H,30,35)(H,31,36)(H,32,37)/t17-,18-,19-/m0/s1. The molecule has 5 N–H and O–H groups in total. The molecule has 0 aromatic carbocycles. The topological polar surface area (TPSA) is 273 Å². The Kier molecular flexibility index (Phi) is 18.5. The number of nitrogens with two attached hydrogens (primary N) is 1. The summed E-state index contributed by atoms with van der Waals surface area (Å²) in [6.45, 7) is 4.36. The van der Waals surface area contributed by atoms with Gasteiger partial charge in [0.15, 0.2) is 0 Å². The third-order valence-corrected chi connectivity index (χ3v) is 5.11. The van der Waals surface area contributed by atoms with Gasteiger partial charge in [-0.2, -0.15) is 9.58 Å². The second kappa shape index (κ2) is 21.0. The van der Waals surface area contributed by atoms with Gasteiger partial charge in [0.05, 0.1) is 13.2 Å². The molecule has 0 aliphatic heterocycles. The summed E-state index contributed by atoms with van der Waals surface area (Å²) in [5.41, 5.74) is 22.3. The molecule has 0 radical (unpaired) electrons. The highest BCUT2D eigenvalue weighted by Crippen LogP contribution is 2.07. The average molecular weight is 579 g/mol. The maximum Gasteiger partial charge on any atom is 0.328 e. The number of Topliss-reactive ketones (excluding diaryl/α,β-unsaturated/α-hetero) is 2. The molecule has 0 saturated carbocycles. The Bertz CT molecular complexity index is 1080. The summed E-state index contributed by atoms with van der Waals surface area (Å²) in [5.74, 6) is -5.40. The van der Waals surface area contributed by atoms with E-state index in [1.807, 2.05) is 0 Å². The lowest BCUT2D eigenvalue weighted by Crippen LogP contribution is -2.52. The van der Waals surface area contributed by atoms with Crippen LogP contribution < -0.4 is 21.7 Å². The molecule has 0 spiro atoms. The van der Waals surface area contributed by atoms with Crippen molar-refractivity contribution in [3.05, 3.63) is 23.7 Å². The highest BCUT2D eigenvalue weighted by Gasteiger charge is 2.29. The van der Waals surface area contributed by atoms with Crippen molar-refractivity contribution in [2.24, 2.45) is 5.73 Å². The second-order valence-electron chi connectivity index (χ2n) is 8.21. The Morgan fingerprint density at radius 2 is 1.27 bits per heavy atom. The molecule has 0 unspecified atom stereocenters. The number of nitrogens with zero attached hydrogens (tertiary/aromatic N) is 4. The van der Waals surface area contributed by atoms with E-state index in [1.165, 1.54) is 6.08 Å². The predicted octanol–water partition coefficient (Wildman–Crippen LogP) is -2.23. The molecule has 0 aliphatic rings. The van der Waals surface area contributed by atoms with Crippen LogP contribution >= 0.6 is 0 Å². The van der Waals surface area contributed by atoms with Crippen molar-refractivity contribution in [1.29, 1.82) is 0 Å². The lowest BCUT2D eigenvalue weighted by molar-refractivity contribution is -0.147. The zero-order valence-electron chi connectivity index (χ0n) is 22.6. The van der Waals surface area contributed by atoms with Gasteiger partial charge in [-0.05, 0) is 26.2 Å². The van der Waals surface area contributed by atoms with E-state index in [0.717, 1.165) is 0 Å². The Morgan fingerprint density at radius 1 is 0.780 bits per heavy atom. The van der Waals surface area contributed by atoms with E-state index in [4.69, 9.17) is 26.3 Å². The molecule has 0 aliphatic carbocycles. The average Bonchev–Trinajstić information content (AvgIpc) is 2.94. The predicted molar refractivity (Wildman–Crippen MR) is 140 cm³/mol. The smallest absolute Gasteiger partial charge is 0.328 e. The number of rotatable bonds is 21. The van der Waals surface area contributed by atoms with Crippen molar-refractivity contribution in [2.75, 3.05) is 19.8 Å². The Hall–Kier alpha value is -4.85. The van der Waals surface area contributed by atoms with Crippen molar-refractivity contribution in [3.8, 4) is 0 Å². The molecular formula is C24H34N8O9. The number of ether oxygens (including phenoxy) is 2. The molecule has 3 amide bonds. The van der Waals surface area contributed by atoms with Gasteiger partial charge in [0, 0.05) is 19.3 Å². The largest absolute Gasteiger partial charge is 0.464 e. The van der Waals surface area contributed by atoms with Gasteiger partial charge in [-0.1, -0.05) is 12.7 Å². The summed E-state index contributed by atoms with van der Waals surface area (Å²) in [6, 6.07) is -3.97. The summed E-state index contributed by atoms with van der Waals surface area (Å²) in [5, 5.41) is 7.08. The number of esters is 2. The SMILES string of the molecule is C=CCOC(=O)[C@H](CCC(=O)C=[N+]=[N-])NC(=O)[C@H](CCC(=O)C=[N+]=[N-])NC(=O)CC[C@H](NC(=O)CN)C(=O)OCC. The first kappa shape index (κ1) is 36.1. The number of nitrogens with one attached hydrogen (secondary N) is 3. The van der Waals surface area contributed by atoms with E-state index in [-0.39, 0.29) is 51.7 Å². The van der Waals surface area contributed by atoms with Crippen molar-refractivity contribution in [3.63, 3.8) is 0 Å². The van der Waals surface area contributed by atoms with Crippen LogP contribution in [0.3, 0.4) is 0 Å². The molecule has 0 aromatic heterocycles. The number of carbonyl (C=O) groups is 7. The van der Waals surface area contributed by atoms with Crippen LogP contribution in [0, 0.1) is 0 Å². The summed E-state index contributed by atoms with van der Waals surface area (Å²) < 4.78 is 9.83. The number of hydrogen-bond donors (Lipinski definition) is 4. The number of ketones is 2. The molecule has 17 nitrogen and oxygen atoms in total. The molecule has 0 saturated heterocycles. The van der Waals surface area contributed by atoms with Crippen LogP contribution in [-0.2, 0) is 43.0 Å². The van der Waals surface area contributed by atoms with Crippen LogP contribution in [0.5, 0.6) is 0 Å². The van der Waals surface area contributed by atoms with Crippen molar-refractivity contribution < 1.29 is 52.6 Å².